The first-order valence-corrected chi connectivity index (χ1v) is 7.95. The van der Waals surface area contributed by atoms with E-state index < -0.39 is 5.41 Å². The SMILES string of the molecule is CC1(C)CC1(C(=O)N1CCCNC(=O)C1)c1cccs1. The maximum Gasteiger partial charge on any atom is 0.239 e. The molecule has 0 aromatic carbocycles. The average molecular weight is 292 g/mol. The van der Waals surface area contributed by atoms with Crippen LogP contribution in [0.3, 0.4) is 0 Å². The van der Waals surface area contributed by atoms with Gasteiger partial charge < -0.3 is 10.2 Å². The Hall–Kier alpha value is -1.36. The zero-order valence-electron chi connectivity index (χ0n) is 11.9. The van der Waals surface area contributed by atoms with Crippen LogP contribution < -0.4 is 5.32 Å². The van der Waals surface area contributed by atoms with Crippen LogP contribution >= 0.6 is 11.3 Å². The lowest BCUT2D eigenvalue weighted by Gasteiger charge is -2.27. The van der Waals surface area contributed by atoms with Crippen molar-refractivity contribution in [3.8, 4) is 0 Å². The van der Waals surface area contributed by atoms with Crippen molar-refractivity contribution in [1.29, 1.82) is 0 Å². The number of carbonyl (C=O) groups excluding carboxylic acids is 2. The normalized spacial score (nSPS) is 28.7. The van der Waals surface area contributed by atoms with Crippen LogP contribution in [0.2, 0.25) is 0 Å². The van der Waals surface area contributed by atoms with Crippen LogP contribution in [0.15, 0.2) is 17.5 Å². The summed E-state index contributed by atoms with van der Waals surface area (Å²) >= 11 is 1.64. The van der Waals surface area contributed by atoms with Gasteiger partial charge in [-0.05, 0) is 29.7 Å². The number of thiophene rings is 1. The smallest absolute Gasteiger partial charge is 0.239 e. The number of carbonyl (C=O) groups is 2. The molecule has 1 aromatic rings. The molecule has 1 aliphatic heterocycles. The topological polar surface area (TPSA) is 49.4 Å². The van der Waals surface area contributed by atoms with Gasteiger partial charge in [-0.15, -0.1) is 11.3 Å². The van der Waals surface area contributed by atoms with Crippen molar-refractivity contribution in [3.63, 3.8) is 0 Å². The second kappa shape index (κ2) is 4.58. The number of amides is 2. The second-order valence-corrected chi connectivity index (χ2v) is 7.32. The minimum Gasteiger partial charge on any atom is -0.354 e. The van der Waals surface area contributed by atoms with Gasteiger partial charge in [0.25, 0.3) is 0 Å². The van der Waals surface area contributed by atoms with Gasteiger partial charge in [0.1, 0.15) is 0 Å². The minimum atomic E-state index is -0.411. The molecule has 0 spiro atoms. The predicted octanol–water partition coefficient (Wildman–Crippen LogP) is 1.76. The van der Waals surface area contributed by atoms with Crippen molar-refractivity contribution < 1.29 is 9.59 Å². The zero-order chi connectivity index (χ0) is 14.4. The van der Waals surface area contributed by atoms with Crippen molar-refractivity contribution in [3.05, 3.63) is 22.4 Å². The van der Waals surface area contributed by atoms with Crippen LogP contribution in [0.4, 0.5) is 0 Å². The van der Waals surface area contributed by atoms with Crippen LogP contribution in [-0.4, -0.2) is 36.3 Å². The summed E-state index contributed by atoms with van der Waals surface area (Å²) in [5.41, 5.74) is -0.427. The number of hydrogen-bond donors (Lipinski definition) is 1. The molecule has 4 nitrogen and oxygen atoms in total. The molecule has 1 aromatic heterocycles. The van der Waals surface area contributed by atoms with Gasteiger partial charge in [-0.25, -0.2) is 0 Å². The summed E-state index contributed by atoms with van der Waals surface area (Å²) in [7, 11) is 0. The van der Waals surface area contributed by atoms with E-state index in [-0.39, 0.29) is 23.8 Å². The van der Waals surface area contributed by atoms with Gasteiger partial charge in [0.05, 0.1) is 12.0 Å². The lowest BCUT2D eigenvalue weighted by atomic mass is 9.92. The first-order valence-electron chi connectivity index (χ1n) is 7.07. The van der Waals surface area contributed by atoms with Crippen molar-refractivity contribution >= 4 is 23.2 Å². The molecule has 1 N–H and O–H groups in total. The van der Waals surface area contributed by atoms with E-state index in [1.54, 1.807) is 16.2 Å². The van der Waals surface area contributed by atoms with E-state index in [1.165, 1.54) is 0 Å². The fourth-order valence-electron chi connectivity index (χ4n) is 3.28. The second-order valence-electron chi connectivity index (χ2n) is 6.37. The lowest BCUT2D eigenvalue weighted by molar-refractivity contribution is -0.138. The Kier molecular flexibility index (Phi) is 3.12. The van der Waals surface area contributed by atoms with Gasteiger partial charge in [0, 0.05) is 18.0 Å². The molecule has 1 aliphatic carbocycles. The van der Waals surface area contributed by atoms with Crippen LogP contribution in [-0.2, 0) is 15.0 Å². The van der Waals surface area contributed by atoms with Crippen molar-refractivity contribution in [1.82, 2.24) is 10.2 Å². The zero-order valence-corrected chi connectivity index (χ0v) is 12.8. The molecule has 1 atom stereocenters. The van der Waals surface area contributed by atoms with Crippen LogP contribution in [0.1, 0.15) is 31.6 Å². The first kappa shape index (κ1) is 13.6. The molecule has 20 heavy (non-hydrogen) atoms. The summed E-state index contributed by atoms with van der Waals surface area (Å²) in [6.45, 7) is 5.81. The van der Waals surface area contributed by atoms with Crippen LogP contribution in [0.5, 0.6) is 0 Å². The molecule has 3 rings (SSSR count). The van der Waals surface area contributed by atoms with E-state index in [1.807, 2.05) is 11.4 Å². The summed E-state index contributed by atoms with van der Waals surface area (Å²) in [4.78, 5) is 27.6. The Labute approximate surface area is 123 Å². The largest absolute Gasteiger partial charge is 0.354 e. The van der Waals surface area contributed by atoms with E-state index in [9.17, 15) is 9.59 Å². The van der Waals surface area contributed by atoms with Crippen LogP contribution in [0, 0.1) is 5.41 Å². The molecule has 1 saturated carbocycles. The highest BCUT2D eigenvalue weighted by molar-refractivity contribution is 7.10. The van der Waals surface area contributed by atoms with Gasteiger partial charge in [-0.1, -0.05) is 19.9 Å². The van der Waals surface area contributed by atoms with E-state index in [4.69, 9.17) is 0 Å². The van der Waals surface area contributed by atoms with Crippen LogP contribution in [0.25, 0.3) is 0 Å². The van der Waals surface area contributed by atoms with Gasteiger partial charge >= 0.3 is 0 Å². The lowest BCUT2D eigenvalue weighted by Crippen LogP contribution is -2.44. The van der Waals surface area contributed by atoms with E-state index in [0.29, 0.717) is 13.1 Å². The molecular weight excluding hydrogens is 272 g/mol. The molecule has 2 heterocycles. The maximum absolute atomic E-state index is 13.0. The third kappa shape index (κ3) is 1.95. The number of hydrogen-bond acceptors (Lipinski definition) is 3. The fraction of sp³-hybridized carbons (Fsp3) is 0.600. The Balaban J connectivity index is 1.90. The molecule has 1 unspecified atom stereocenters. The molecule has 1 saturated heterocycles. The molecule has 2 aliphatic rings. The summed E-state index contributed by atoms with van der Waals surface area (Å²) in [5.74, 6) is 0.0811. The monoisotopic (exact) mass is 292 g/mol. The van der Waals surface area contributed by atoms with Crippen molar-refractivity contribution in [2.24, 2.45) is 5.41 Å². The highest BCUT2D eigenvalue weighted by Crippen LogP contribution is 2.66. The minimum absolute atomic E-state index is 0.0162. The third-order valence-electron chi connectivity index (χ3n) is 4.59. The van der Waals surface area contributed by atoms with Gasteiger partial charge in [0.2, 0.25) is 11.8 Å². The summed E-state index contributed by atoms with van der Waals surface area (Å²) in [6, 6.07) is 4.05. The fourth-order valence-corrected chi connectivity index (χ4v) is 4.38. The molecule has 5 heteroatoms. The highest BCUT2D eigenvalue weighted by Gasteiger charge is 2.68. The molecular formula is C15H20N2O2S. The van der Waals surface area contributed by atoms with Gasteiger partial charge in [0.15, 0.2) is 0 Å². The average Bonchev–Trinajstić information content (AvgIpc) is 2.77. The third-order valence-corrected chi connectivity index (χ3v) is 5.62. The summed E-state index contributed by atoms with van der Waals surface area (Å²) < 4.78 is 0. The summed E-state index contributed by atoms with van der Waals surface area (Å²) in [6.07, 6.45) is 1.70. The standard InChI is InChI=1S/C15H20N2O2S/c1-14(2)10-15(14,11-5-3-8-20-11)13(19)17-7-4-6-16-12(18)9-17/h3,5,8H,4,6-7,9-10H2,1-2H3,(H,16,18). The molecule has 2 amide bonds. The number of nitrogens with one attached hydrogen (secondary N) is 1. The van der Waals surface area contributed by atoms with Gasteiger partial charge in [-0.2, -0.15) is 0 Å². The Morgan fingerprint density at radius 2 is 2.20 bits per heavy atom. The Bertz CT molecular complexity index is 538. The predicted molar refractivity (Wildman–Crippen MR) is 78.6 cm³/mol. The molecule has 0 radical (unpaired) electrons. The van der Waals surface area contributed by atoms with E-state index in [0.717, 1.165) is 17.7 Å². The molecule has 108 valence electrons. The van der Waals surface area contributed by atoms with Crippen molar-refractivity contribution in [2.75, 3.05) is 19.6 Å². The quantitative estimate of drug-likeness (QED) is 0.903. The Morgan fingerprint density at radius 3 is 2.80 bits per heavy atom. The number of rotatable bonds is 2. The molecule has 0 bridgehead atoms. The first-order chi connectivity index (χ1) is 9.47. The Morgan fingerprint density at radius 1 is 1.45 bits per heavy atom. The summed E-state index contributed by atoms with van der Waals surface area (Å²) in [5, 5.41) is 4.85. The van der Waals surface area contributed by atoms with E-state index in [2.05, 4.69) is 25.2 Å². The van der Waals surface area contributed by atoms with E-state index >= 15 is 0 Å². The molecule has 2 fully saturated rings. The van der Waals surface area contributed by atoms with Crippen molar-refractivity contribution in [2.45, 2.75) is 32.1 Å². The number of nitrogens with zero attached hydrogens (tertiary/aromatic N) is 1. The highest BCUT2D eigenvalue weighted by atomic mass is 32.1. The van der Waals surface area contributed by atoms with Gasteiger partial charge in [-0.3, -0.25) is 9.59 Å². The maximum atomic E-state index is 13.0.